The fraction of sp³-hybridized carbons (Fsp3) is 0.450. The van der Waals surface area contributed by atoms with E-state index in [0.717, 1.165) is 43.0 Å². The van der Waals surface area contributed by atoms with Gasteiger partial charge in [0.2, 0.25) is 5.91 Å². The van der Waals surface area contributed by atoms with Crippen molar-refractivity contribution in [3.63, 3.8) is 0 Å². The summed E-state index contributed by atoms with van der Waals surface area (Å²) in [7, 11) is 1.70. The number of hydrogen-bond acceptors (Lipinski definition) is 4. The molecule has 0 aliphatic carbocycles. The van der Waals surface area contributed by atoms with E-state index in [2.05, 4.69) is 51.4 Å². The second kappa shape index (κ2) is 7.64. The fourth-order valence-electron chi connectivity index (χ4n) is 3.69. The Morgan fingerprint density at radius 1 is 1.24 bits per heavy atom. The molecule has 0 bridgehead atoms. The highest BCUT2D eigenvalue weighted by atomic mass is 16.2. The largest absolute Gasteiger partial charge is 0.357 e. The Kier molecular flexibility index (Phi) is 5.31. The van der Waals surface area contributed by atoms with Crippen molar-refractivity contribution in [1.29, 1.82) is 0 Å². The molecule has 2 aromatic rings. The number of benzene rings is 1. The van der Waals surface area contributed by atoms with Gasteiger partial charge in [-0.2, -0.15) is 0 Å². The first-order valence-electron chi connectivity index (χ1n) is 9.03. The lowest BCUT2D eigenvalue weighted by molar-refractivity contribution is -0.121. The minimum Gasteiger partial charge on any atom is -0.357 e. The summed E-state index contributed by atoms with van der Waals surface area (Å²) in [6.07, 6.45) is 3.72. The number of nitrogens with zero attached hydrogens (tertiary/aromatic N) is 3. The number of anilines is 1. The van der Waals surface area contributed by atoms with Gasteiger partial charge in [-0.1, -0.05) is 43.7 Å². The van der Waals surface area contributed by atoms with Crippen LogP contribution in [-0.4, -0.2) is 29.0 Å². The van der Waals surface area contributed by atoms with Crippen LogP contribution >= 0.6 is 0 Å². The summed E-state index contributed by atoms with van der Waals surface area (Å²) in [5.74, 6) is 1.66. The molecule has 1 fully saturated rings. The van der Waals surface area contributed by atoms with Crippen molar-refractivity contribution in [2.75, 3.05) is 11.9 Å². The normalized spacial score (nSPS) is 19.9. The van der Waals surface area contributed by atoms with E-state index in [0.29, 0.717) is 0 Å². The van der Waals surface area contributed by atoms with Crippen molar-refractivity contribution >= 4 is 11.7 Å². The summed E-state index contributed by atoms with van der Waals surface area (Å²) < 4.78 is 0. The molecular formula is C20H26N4O. The van der Waals surface area contributed by atoms with E-state index in [1.54, 1.807) is 7.05 Å². The summed E-state index contributed by atoms with van der Waals surface area (Å²) in [5, 5.41) is 2.81. The molecule has 0 radical (unpaired) electrons. The van der Waals surface area contributed by atoms with Crippen molar-refractivity contribution < 1.29 is 4.79 Å². The smallest absolute Gasteiger partial charge is 0.242 e. The van der Waals surface area contributed by atoms with E-state index in [1.165, 1.54) is 5.56 Å². The predicted molar refractivity (Wildman–Crippen MR) is 99.5 cm³/mol. The van der Waals surface area contributed by atoms with Crippen molar-refractivity contribution in [2.24, 2.45) is 0 Å². The van der Waals surface area contributed by atoms with Gasteiger partial charge in [0.1, 0.15) is 17.7 Å². The fourth-order valence-corrected chi connectivity index (χ4v) is 3.69. The molecule has 0 spiro atoms. The predicted octanol–water partition coefficient (Wildman–Crippen LogP) is 3.19. The molecule has 1 amide bonds. The van der Waals surface area contributed by atoms with Gasteiger partial charge in [0.25, 0.3) is 0 Å². The first kappa shape index (κ1) is 17.4. The number of rotatable bonds is 5. The van der Waals surface area contributed by atoms with E-state index in [4.69, 9.17) is 0 Å². The van der Waals surface area contributed by atoms with Crippen LogP contribution < -0.4 is 10.2 Å². The number of likely N-dealkylation sites (N-methyl/N-ethyl adjacent to an activating group) is 1. The van der Waals surface area contributed by atoms with Crippen LogP contribution in [-0.2, 0) is 11.2 Å². The van der Waals surface area contributed by atoms with Gasteiger partial charge in [-0.15, -0.1) is 0 Å². The topological polar surface area (TPSA) is 58.1 Å². The quantitative estimate of drug-likeness (QED) is 0.909. The van der Waals surface area contributed by atoms with E-state index in [9.17, 15) is 4.79 Å². The number of nitrogens with one attached hydrogen (secondary N) is 1. The zero-order valence-corrected chi connectivity index (χ0v) is 15.2. The molecule has 132 valence electrons. The number of amides is 1. The summed E-state index contributed by atoms with van der Waals surface area (Å²) in [4.78, 5) is 23.9. The maximum absolute atomic E-state index is 12.5. The molecule has 1 saturated heterocycles. The molecule has 25 heavy (non-hydrogen) atoms. The van der Waals surface area contributed by atoms with Gasteiger partial charge >= 0.3 is 0 Å². The first-order valence-corrected chi connectivity index (χ1v) is 9.03. The molecule has 1 aliphatic heterocycles. The maximum Gasteiger partial charge on any atom is 0.242 e. The first-order chi connectivity index (χ1) is 12.1. The van der Waals surface area contributed by atoms with Gasteiger partial charge in [0, 0.05) is 18.8 Å². The molecule has 5 nitrogen and oxygen atoms in total. The SMILES string of the molecule is CCCc1cc(N2C(C(=O)NC)CCC2c2ccccc2)nc(C)n1. The highest BCUT2D eigenvalue weighted by molar-refractivity contribution is 5.85. The maximum atomic E-state index is 12.5. The minimum absolute atomic E-state index is 0.0479. The zero-order valence-electron chi connectivity index (χ0n) is 15.2. The average Bonchev–Trinajstić information content (AvgIpc) is 3.06. The molecule has 2 unspecified atom stereocenters. The number of carbonyl (C=O) groups excluding carboxylic acids is 1. The molecule has 1 N–H and O–H groups in total. The molecule has 5 heteroatoms. The third-order valence-corrected chi connectivity index (χ3v) is 4.77. The van der Waals surface area contributed by atoms with Crippen LogP contribution in [0.2, 0.25) is 0 Å². The van der Waals surface area contributed by atoms with Gasteiger partial charge in [-0.05, 0) is 31.7 Å². The summed E-state index contributed by atoms with van der Waals surface area (Å²) >= 11 is 0. The number of aryl methyl sites for hydroxylation is 2. The van der Waals surface area contributed by atoms with Crippen LogP contribution in [0.4, 0.5) is 5.82 Å². The van der Waals surface area contributed by atoms with Crippen LogP contribution in [0.1, 0.15) is 49.3 Å². The van der Waals surface area contributed by atoms with Gasteiger partial charge in [-0.25, -0.2) is 9.97 Å². The van der Waals surface area contributed by atoms with Crippen LogP contribution in [0, 0.1) is 6.92 Å². The molecule has 1 aliphatic rings. The zero-order chi connectivity index (χ0) is 17.8. The highest BCUT2D eigenvalue weighted by Gasteiger charge is 2.39. The Morgan fingerprint density at radius 3 is 2.68 bits per heavy atom. The van der Waals surface area contributed by atoms with Gasteiger partial charge < -0.3 is 10.2 Å². The van der Waals surface area contributed by atoms with E-state index in [-0.39, 0.29) is 18.0 Å². The third kappa shape index (κ3) is 3.65. The minimum atomic E-state index is -0.195. The molecule has 2 atom stereocenters. The number of hydrogen-bond donors (Lipinski definition) is 1. The van der Waals surface area contributed by atoms with Gasteiger partial charge in [0.15, 0.2) is 0 Å². The number of carbonyl (C=O) groups is 1. The molecule has 3 rings (SSSR count). The van der Waals surface area contributed by atoms with E-state index >= 15 is 0 Å². The summed E-state index contributed by atoms with van der Waals surface area (Å²) in [6, 6.07) is 12.4. The lowest BCUT2D eigenvalue weighted by Gasteiger charge is -2.31. The average molecular weight is 338 g/mol. The molecular weight excluding hydrogens is 312 g/mol. The van der Waals surface area contributed by atoms with Gasteiger partial charge in [0.05, 0.1) is 6.04 Å². The van der Waals surface area contributed by atoms with E-state index in [1.807, 2.05) is 19.1 Å². The van der Waals surface area contributed by atoms with Crippen LogP contribution in [0.25, 0.3) is 0 Å². The molecule has 0 saturated carbocycles. The molecule has 1 aromatic carbocycles. The lowest BCUT2D eigenvalue weighted by atomic mass is 10.0. The second-order valence-corrected chi connectivity index (χ2v) is 6.56. The standard InChI is InChI=1S/C20H26N4O/c1-4-8-16-13-19(23-14(2)22-16)24-17(15-9-6-5-7-10-15)11-12-18(24)20(25)21-3/h5-7,9-10,13,17-18H,4,8,11-12H2,1-3H3,(H,21,25). The Morgan fingerprint density at radius 2 is 2.00 bits per heavy atom. The molecule has 1 aromatic heterocycles. The third-order valence-electron chi connectivity index (χ3n) is 4.77. The van der Waals surface area contributed by atoms with Crippen LogP contribution in [0.15, 0.2) is 36.4 Å². The summed E-state index contributed by atoms with van der Waals surface area (Å²) in [6.45, 7) is 4.07. The second-order valence-electron chi connectivity index (χ2n) is 6.56. The number of aromatic nitrogens is 2. The monoisotopic (exact) mass is 338 g/mol. The Hall–Kier alpha value is -2.43. The summed E-state index contributed by atoms with van der Waals surface area (Å²) in [5.41, 5.74) is 2.27. The van der Waals surface area contributed by atoms with E-state index < -0.39 is 0 Å². The van der Waals surface area contributed by atoms with Gasteiger partial charge in [-0.3, -0.25) is 4.79 Å². The highest BCUT2D eigenvalue weighted by Crippen LogP contribution is 2.39. The Bertz CT molecular complexity index is 732. The van der Waals surface area contributed by atoms with Crippen molar-refractivity contribution in [3.05, 3.63) is 53.5 Å². The molecule has 2 heterocycles. The Labute approximate surface area is 149 Å². The van der Waals surface area contributed by atoms with Crippen molar-refractivity contribution in [1.82, 2.24) is 15.3 Å². The lowest BCUT2D eigenvalue weighted by Crippen LogP contribution is -2.43. The van der Waals surface area contributed by atoms with Crippen molar-refractivity contribution in [2.45, 2.75) is 51.6 Å². The van der Waals surface area contributed by atoms with Crippen molar-refractivity contribution in [3.8, 4) is 0 Å². The van der Waals surface area contributed by atoms with Crippen LogP contribution in [0.5, 0.6) is 0 Å². The van der Waals surface area contributed by atoms with Crippen LogP contribution in [0.3, 0.4) is 0 Å². The Balaban J connectivity index is 2.04.